The zero-order chi connectivity index (χ0) is 19.2. The van der Waals surface area contributed by atoms with E-state index in [1.165, 1.54) is 17.8 Å². The van der Waals surface area contributed by atoms with Gasteiger partial charge in [0.2, 0.25) is 0 Å². The molecule has 136 valence electrons. The number of benzene rings is 2. The van der Waals surface area contributed by atoms with Crippen LogP contribution in [0.4, 0.5) is 11.4 Å². The van der Waals surface area contributed by atoms with Gasteiger partial charge in [0.1, 0.15) is 5.69 Å². The third-order valence-electron chi connectivity index (χ3n) is 4.18. The molecule has 0 radical (unpaired) electrons. The fourth-order valence-electron chi connectivity index (χ4n) is 2.56. The molecule has 0 saturated heterocycles. The number of pyridine rings is 1. The molecule has 3 rings (SSSR count). The molecule has 0 atom stereocenters. The van der Waals surface area contributed by atoms with Crippen LogP contribution in [0.2, 0.25) is 0 Å². The molecule has 2 amide bonds. The molecule has 5 heteroatoms. The number of rotatable bonds is 5. The van der Waals surface area contributed by atoms with Gasteiger partial charge >= 0.3 is 0 Å². The van der Waals surface area contributed by atoms with Crippen LogP contribution in [0.15, 0.2) is 66.9 Å². The quantitative estimate of drug-likeness (QED) is 0.707. The summed E-state index contributed by atoms with van der Waals surface area (Å²) in [4.78, 5) is 28.9. The molecule has 5 nitrogen and oxygen atoms in total. The van der Waals surface area contributed by atoms with Gasteiger partial charge in [0.05, 0.1) is 0 Å². The first-order valence-electron chi connectivity index (χ1n) is 8.79. The lowest BCUT2D eigenvalue weighted by Gasteiger charge is -2.08. The first-order valence-corrected chi connectivity index (χ1v) is 8.79. The average molecular weight is 359 g/mol. The maximum atomic E-state index is 12.5. The Labute approximate surface area is 158 Å². The molecule has 2 N–H and O–H groups in total. The van der Waals surface area contributed by atoms with Crippen LogP contribution in [-0.2, 0) is 6.42 Å². The highest BCUT2D eigenvalue weighted by Gasteiger charge is 2.12. The Bertz CT molecular complexity index is 948. The van der Waals surface area contributed by atoms with E-state index in [2.05, 4.69) is 22.5 Å². The summed E-state index contributed by atoms with van der Waals surface area (Å²) in [6.07, 6.45) is 2.40. The Balaban J connectivity index is 1.70. The van der Waals surface area contributed by atoms with Gasteiger partial charge in [-0.25, -0.2) is 0 Å². The van der Waals surface area contributed by atoms with Gasteiger partial charge in [0.15, 0.2) is 0 Å². The largest absolute Gasteiger partial charge is 0.322 e. The van der Waals surface area contributed by atoms with E-state index in [1.54, 1.807) is 6.07 Å². The minimum atomic E-state index is -0.360. The number of aryl methyl sites for hydroxylation is 2. The number of nitrogens with zero attached hydrogens (tertiary/aromatic N) is 1. The Hall–Kier alpha value is -3.47. The monoisotopic (exact) mass is 359 g/mol. The molecule has 0 fully saturated rings. The third-order valence-corrected chi connectivity index (χ3v) is 4.18. The van der Waals surface area contributed by atoms with E-state index in [1.807, 2.05) is 55.5 Å². The van der Waals surface area contributed by atoms with Gasteiger partial charge < -0.3 is 10.6 Å². The molecule has 0 saturated carbocycles. The Morgan fingerprint density at radius 1 is 0.852 bits per heavy atom. The molecule has 2 aromatic carbocycles. The second-order valence-electron chi connectivity index (χ2n) is 6.25. The highest BCUT2D eigenvalue weighted by molar-refractivity contribution is 6.07. The first kappa shape index (κ1) is 18.3. The van der Waals surface area contributed by atoms with Crippen LogP contribution in [0, 0.1) is 6.92 Å². The van der Waals surface area contributed by atoms with Gasteiger partial charge in [-0.1, -0.05) is 36.8 Å². The number of carbonyl (C=O) groups excluding carboxylic acids is 2. The molecule has 1 heterocycles. The van der Waals surface area contributed by atoms with Crippen molar-refractivity contribution < 1.29 is 9.59 Å². The molecule has 0 unspecified atom stereocenters. The van der Waals surface area contributed by atoms with Crippen molar-refractivity contribution in [2.24, 2.45) is 0 Å². The van der Waals surface area contributed by atoms with Crippen LogP contribution in [0.5, 0.6) is 0 Å². The van der Waals surface area contributed by atoms with E-state index >= 15 is 0 Å². The molecular weight excluding hydrogens is 338 g/mol. The maximum Gasteiger partial charge on any atom is 0.274 e. The van der Waals surface area contributed by atoms with Crippen molar-refractivity contribution >= 4 is 23.2 Å². The van der Waals surface area contributed by atoms with Crippen LogP contribution in [-0.4, -0.2) is 16.8 Å². The molecule has 0 aliphatic rings. The Morgan fingerprint density at radius 2 is 1.44 bits per heavy atom. The summed E-state index contributed by atoms with van der Waals surface area (Å²) in [6, 6.07) is 18.2. The molecular formula is C22H21N3O2. The molecule has 1 aromatic heterocycles. The minimum Gasteiger partial charge on any atom is -0.322 e. The van der Waals surface area contributed by atoms with Gasteiger partial charge in [-0.2, -0.15) is 0 Å². The van der Waals surface area contributed by atoms with Crippen LogP contribution < -0.4 is 10.6 Å². The molecule has 3 aromatic rings. The second kappa shape index (κ2) is 8.27. The average Bonchev–Trinajstić information content (AvgIpc) is 2.70. The highest BCUT2D eigenvalue weighted by Crippen LogP contribution is 2.14. The third kappa shape index (κ3) is 4.79. The topological polar surface area (TPSA) is 71.1 Å². The SMILES string of the molecule is CCc1ccc(NC(=O)c2ccnc(C(=O)Nc3ccc(C)cc3)c2)cc1. The molecule has 0 bridgehead atoms. The number of anilines is 2. The lowest BCUT2D eigenvalue weighted by molar-refractivity contribution is 0.102. The van der Waals surface area contributed by atoms with E-state index in [0.717, 1.165) is 12.0 Å². The van der Waals surface area contributed by atoms with Crippen molar-refractivity contribution in [1.82, 2.24) is 4.98 Å². The maximum absolute atomic E-state index is 12.5. The summed E-state index contributed by atoms with van der Waals surface area (Å²) in [5.74, 6) is -0.646. The molecule has 27 heavy (non-hydrogen) atoms. The summed E-state index contributed by atoms with van der Waals surface area (Å²) in [6.45, 7) is 4.05. The van der Waals surface area contributed by atoms with Crippen molar-refractivity contribution in [3.63, 3.8) is 0 Å². The van der Waals surface area contributed by atoms with Gasteiger partial charge in [0.25, 0.3) is 11.8 Å². The predicted molar refractivity (Wildman–Crippen MR) is 107 cm³/mol. The number of nitrogens with one attached hydrogen (secondary N) is 2. The van der Waals surface area contributed by atoms with Crippen molar-refractivity contribution in [2.45, 2.75) is 20.3 Å². The second-order valence-corrected chi connectivity index (χ2v) is 6.25. The highest BCUT2D eigenvalue weighted by atomic mass is 16.2. The van der Waals surface area contributed by atoms with Crippen LogP contribution in [0.25, 0.3) is 0 Å². The summed E-state index contributed by atoms with van der Waals surface area (Å²) in [7, 11) is 0. The number of hydrogen-bond donors (Lipinski definition) is 2. The fraction of sp³-hybridized carbons (Fsp3) is 0.136. The number of carbonyl (C=O) groups is 2. The summed E-state index contributed by atoms with van der Waals surface area (Å²) in [5, 5.41) is 5.61. The zero-order valence-corrected chi connectivity index (χ0v) is 15.3. The molecule has 0 aliphatic heterocycles. The van der Waals surface area contributed by atoms with Crippen molar-refractivity contribution in [3.05, 3.63) is 89.2 Å². The van der Waals surface area contributed by atoms with E-state index in [9.17, 15) is 9.59 Å². The van der Waals surface area contributed by atoms with E-state index < -0.39 is 0 Å². The van der Waals surface area contributed by atoms with Gasteiger partial charge in [-0.05, 0) is 55.3 Å². The normalized spacial score (nSPS) is 10.3. The molecule has 0 spiro atoms. The molecule has 0 aliphatic carbocycles. The van der Waals surface area contributed by atoms with E-state index in [0.29, 0.717) is 16.9 Å². The van der Waals surface area contributed by atoms with Crippen molar-refractivity contribution in [2.75, 3.05) is 10.6 Å². The van der Waals surface area contributed by atoms with Crippen molar-refractivity contribution in [1.29, 1.82) is 0 Å². The Kier molecular flexibility index (Phi) is 5.61. The van der Waals surface area contributed by atoms with E-state index in [4.69, 9.17) is 0 Å². The fourth-order valence-corrected chi connectivity index (χ4v) is 2.56. The lowest BCUT2D eigenvalue weighted by Crippen LogP contribution is -2.17. The smallest absolute Gasteiger partial charge is 0.274 e. The van der Waals surface area contributed by atoms with Gasteiger partial charge in [-0.15, -0.1) is 0 Å². The van der Waals surface area contributed by atoms with Gasteiger partial charge in [0, 0.05) is 23.1 Å². The van der Waals surface area contributed by atoms with Crippen molar-refractivity contribution in [3.8, 4) is 0 Å². The standard InChI is InChI=1S/C22H21N3O2/c1-3-16-6-10-19(11-7-16)24-21(26)17-12-13-23-20(14-17)22(27)25-18-8-4-15(2)5-9-18/h4-14H,3H2,1-2H3,(H,24,26)(H,25,27). The van der Waals surface area contributed by atoms with Crippen LogP contribution in [0.1, 0.15) is 38.9 Å². The first-order chi connectivity index (χ1) is 13.0. The van der Waals surface area contributed by atoms with Gasteiger partial charge in [-0.3, -0.25) is 14.6 Å². The summed E-state index contributed by atoms with van der Waals surface area (Å²) < 4.78 is 0. The summed E-state index contributed by atoms with van der Waals surface area (Å²) >= 11 is 0. The predicted octanol–water partition coefficient (Wildman–Crippen LogP) is 4.46. The zero-order valence-electron chi connectivity index (χ0n) is 15.3. The number of aromatic nitrogens is 1. The van der Waals surface area contributed by atoms with Crippen LogP contribution >= 0.6 is 0 Å². The van der Waals surface area contributed by atoms with E-state index in [-0.39, 0.29) is 17.5 Å². The minimum absolute atomic E-state index is 0.185. The van der Waals surface area contributed by atoms with Crippen LogP contribution in [0.3, 0.4) is 0 Å². The lowest BCUT2D eigenvalue weighted by atomic mass is 10.1. The Morgan fingerprint density at radius 3 is 2.07 bits per heavy atom. The summed E-state index contributed by atoms with van der Waals surface area (Å²) in [5.41, 5.74) is 4.25. The number of amides is 2. The number of hydrogen-bond acceptors (Lipinski definition) is 3.